The van der Waals surface area contributed by atoms with Gasteiger partial charge in [0.1, 0.15) is 12.3 Å². The lowest BCUT2D eigenvalue weighted by Crippen LogP contribution is -2.43. The van der Waals surface area contributed by atoms with Crippen molar-refractivity contribution in [3.63, 3.8) is 0 Å². The zero-order valence-corrected chi connectivity index (χ0v) is 14.5. The predicted molar refractivity (Wildman–Crippen MR) is 92.7 cm³/mol. The Labute approximate surface area is 157 Å². The van der Waals surface area contributed by atoms with Gasteiger partial charge in [0.05, 0.1) is 18.7 Å². The number of alkyl halides is 3. The van der Waals surface area contributed by atoms with E-state index in [1.54, 1.807) is 18.2 Å². The van der Waals surface area contributed by atoms with E-state index >= 15 is 0 Å². The summed E-state index contributed by atoms with van der Waals surface area (Å²) >= 11 is 0. The summed E-state index contributed by atoms with van der Waals surface area (Å²) < 4.78 is 44.6. The van der Waals surface area contributed by atoms with Crippen LogP contribution in [0.3, 0.4) is 0 Å². The molecular weight excluding hydrogens is 375 g/mol. The molecule has 3 rings (SSSR count). The molecule has 0 radical (unpaired) electrons. The van der Waals surface area contributed by atoms with Crippen LogP contribution in [0.25, 0.3) is 16.8 Å². The normalized spacial score (nSPS) is 11.4. The van der Waals surface area contributed by atoms with Gasteiger partial charge < -0.3 is 9.84 Å². The highest BCUT2D eigenvalue weighted by Gasteiger charge is 2.29. The SMILES string of the molecule is N#CCCn1c(O)c(-c2cccc(OCC(F)(F)F)c2)c(=O)[n+]2ccccc12. The van der Waals surface area contributed by atoms with Gasteiger partial charge in [-0.25, -0.2) is 4.79 Å². The van der Waals surface area contributed by atoms with Gasteiger partial charge in [-0.05, 0) is 18.2 Å². The third kappa shape index (κ3) is 3.91. The highest BCUT2D eigenvalue weighted by atomic mass is 19.4. The fourth-order valence-corrected chi connectivity index (χ4v) is 2.83. The topological polar surface area (TPSA) is 79.3 Å². The number of nitriles is 1. The van der Waals surface area contributed by atoms with Crippen molar-refractivity contribution in [2.45, 2.75) is 19.1 Å². The lowest BCUT2D eigenvalue weighted by molar-refractivity contribution is -0.532. The van der Waals surface area contributed by atoms with Gasteiger partial charge in [-0.2, -0.15) is 27.4 Å². The lowest BCUT2D eigenvalue weighted by atomic mass is 10.1. The Balaban J connectivity index is 2.16. The summed E-state index contributed by atoms with van der Waals surface area (Å²) in [5.74, 6) is -0.463. The fraction of sp³-hybridized carbons (Fsp3) is 0.211. The van der Waals surface area contributed by atoms with Crippen molar-refractivity contribution in [1.29, 1.82) is 5.26 Å². The quantitative estimate of drug-likeness (QED) is 0.680. The van der Waals surface area contributed by atoms with E-state index in [4.69, 9.17) is 10.00 Å². The Kier molecular flexibility index (Phi) is 5.22. The zero-order valence-electron chi connectivity index (χ0n) is 14.5. The minimum absolute atomic E-state index is 0.0876. The second kappa shape index (κ2) is 7.60. The number of rotatable bonds is 5. The molecule has 0 aliphatic heterocycles. The Morgan fingerprint density at radius 3 is 2.71 bits per heavy atom. The average molecular weight is 390 g/mol. The molecule has 28 heavy (non-hydrogen) atoms. The van der Waals surface area contributed by atoms with Gasteiger partial charge in [0.15, 0.2) is 12.2 Å². The molecule has 0 atom stereocenters. The summed E-state index contributed by atoms with van der Waals surface area (Å²) in [5, 5.41) is 19.6. The molecule has 6 nitrogen and oxygen atoms in total. The van der Waals surface area contributed by atoms with Crippen LogP contribution in [0, 0.1) is 11.3 Å². The molecule has 9 heteroatoms. The number of nitrogens with zero attached hydrogens (tertiary/aromatic N) is 3. The first-order valence-electron chi connectivity index (χ1n) is 8.25. The minimum Gasteiger partial charge on any atom is -0.484 e. The number of hydrogen-bond donors (Lipinski definition) is 1. The number of ether oxygens (including phenoxy) is 1. The molecule has 144 valence electrons. The van der Waals surface area contributed by atoms with Crippen LogP contribution >= 0.6 is 0 Å². The Bertz CT molecular complexity index is 1120. The molecule has 0 amide bonds. The van der Waals surface area contributed by atoms with Gasteiger partial charge in [0.2, 0.25) is 0 Å². The third-order valence-corrected chi connectivity index (χ3v) is 4.00. The monoisotopic (exact) mass is 390 g/mol. The summed E-state index contributed by atoms with van der Waals surface area (Å²) in [6.07, 6.45) is -2.90. The second-order valence-electron chi connectivity index (χ2n) is 5.92. The Morgan fingerprint density at radius 2 is 2.00 bits per heavy atom. The fourth-order valence-electron chi connectivity index (χ4n) is 2.83. The largest absolute Gasteiger partial charge is 0.484 e. The van der Waals surface area contributed by atoms with Crippen molar-refractivity contribution in [1.82, 2.24) is 4.57 Å². The molecule has 0 saturated carbocycles. The van der Waals surface area contributed by atoms with Crippen LogP contribution in [-0.4, -0.2) is 22.5 Å². The number of aryl methyl sites for hydroxylation is 1. The lowest BCUT2D eigenvalue weighted by Gasteiger charge is -2.11. The smallest absolute Gasteiger partial charge is 0.422 e. The van der Waals surface area contributed by atoms with Gasteiger partial charge in [0.25, 0.3) is 11.5 Å². The number of halogens is 3. The molecule has 3 aromatic rings. The highest BCUT2D eigenvalue weighted by molar-refractivity contribution is 5.69. The van der Waals surface area contributed by atoms with E-state index in [1.165, 1.54) is 39.4 Å². The first-order valence-corrected chi connectivity index (χ1v) is 8.25. The maximum Gasteiger partial charge on any atom is 0.422 e. The maximum absolute atomic E-state index is 12.9. The van der Waals surface area contributed by atoms with E-state index in [1.807, 2.05) is 6.07 Å². The molecule has 0 unspecified atom stereocenters. The van der Waals surface area contributed by atoms with Crippen LogP contribution in [0.15, 0.2) is 53.5 Å². The number of aromatic nitrogens is 2. The van der Waals surface area contributed by atoms with E-state index < -0.39 is 18.3 Å². The zero-order chi connectivity index (χ0) is 20.3. The van der Waals surface area contributed by atoms with E-state index in [-0.39, 0.29) is 35.7 Å². The number of pyridine rings is 1. The van der Waals surface area contributed by atoms with Gasteiger partial charge in [-0.3, -0.25) is 0 Å². The molecule has 0 fully saturated rings. The van der Waals surface area contributed by atoms with Crippen molar-refractivity contribution in [2.75, 3.05) is 6.61 Å². The second-order valence-corrected chi connectivity index (χ2v) is 5.92. The third-order valence-electron chi connectivity index (χ3n) is 4.00. The number of hydrogen-bond acceptors (Lipinski definition) is 4. The summed E-state index contributed by atoms with van der Waals surface area (Å²) in [5.41, 5.74) is -0.0620. The standard InChI is InChI=1S/C19H14F3N3O3/c20-19(21,22)12-28-14-6-3-5-13(11-14)16-17(26)24-9-2-1-7-15(24)25(18(16)27)10-4-8-23/h1-3,5-7,9,11H,4,10,12H2/p+1. The van der Waals surface area contributed by atoms with E-state index in [0.29, 0.717) is 5.65 Å². The van der Waals surface area contributed by atoms with Crippen molar-refractivity contribution in [3.8, 4) is 28.8 Å². The number of benzene rings is 1. The van der Waals surface area contributed by atoms with Crippen molar-refractivity contribution in [3.05, 3.63) is 59.0 Å². The number of aromatic hydroxyl groups is 1. The van der Waals surface area contributed by atoms with Gasteiger partial charge in [-0.15, -0.1) is 0 Å². The molecular formula is C19H15F3N3O3+. The summed E-state index contributed by atoms with van der Waals surface area (Å²) in [6.45, 7) is -1.34. The highest BCUT2D eigenvalue weighted by Crippen LogP contribution is 2.29. The van der Waals surface area contributed by atoms with E-state index in [9.17, 15) is 23.1 Å². The van der Waals surface area contributed by atoms with Crippen molar-refractivity contribution >= 4 is 5.65 Å². The van der Waals surface area contributed by atoms with Gasteiger partial charge in [-0.1, -0.05) is 18.2 Å². The average Bonchev–Trinajstić information content (AvgIpc) is 2.66. The van der Waals surface area contributed by atoms with Crippen molar-refractivity contribution < 1.29 is 27.4 Å². The molecule has 1 N–H and O–H groups in total. The maximum atomic E-state index is 12.9. The molecule has 0 spiro atoms. The Hall–Kier alpha value is -3.54. The van der Waals surface area contributed by atoms with Gasteiger partial charge >= 0.3 is 11.7 Å². The summed E-state index contributed by atoms with van der Waals surface area (Å²) in [6, 6.07) is 12.4. The van der Waals surface area contributed by atoms with Crippen LogP contribution in [0.2, 0.25) is 0 Å². The first kappa shape index (κ1) is 19.2. The predicted octanol–water partition coefficient (Wildman–Crippen LogP) is 2.81. The van der Waals surface area contributed by atoms with Crippen molar-refractivity contribution in [2.24, 2.45) is 0 Å². The molecule has 0 aliphatic carbocycles. The molecule has 2 heterocycles. The van der Waals surface area contributed by atoms with E-state index in [0.717, 1.165) is 0 Å². The van der Waals surface area contributed by atoms with Gasteiger partial charge in [0, 0.05) is 11.6 Å². The molecule has 0 saturated heterocycles. The minimum atomic E-state index is -4.50. The van der Waals surface area contributed by atoms with Crippen LogP contribution in [0.5, 0.6) is 11.6 Å². The summed E-state index contributed by atoms with van der Waals surface area (Å²) in [4.78, 5) is 12.9. The molecule has 0 aliphatic rings. The van der Waals surface area contributed by atoms with Crippen LogP contribution in [0.4, 0.5) is 13.2 Å². The summed E-state index contributed by atoms with van der Waals surface area (Å²) in [7, 11) is 0. The van der Waals surface area contributed by atoms with Crippen LogP contribution in [-0.2, 0) is 6.54 Å². The Morgan fingerprint density at radius 1 is 1.21 bits per heavy atom. The molecule has 2 aromatic heterocycles. The van der Waals surface area contributed by atoms with Crippen LogP contribution in [0.1, 0.15) is 6.42 Å². The molecule has 1 aromatic carbocycles. The van der Waals surface area contributed by atoms with E-state index in [2.05, 4.69) is 0 Å². The first-order chi connectivity index (χ1) is 13.3. The number of fused-ring (bicyclic) bond motifs is 1. The van der Waals surface area contributed by atoms with Crippen LogP contribution < -0.4 is 14.7 Å². The molecule has 0 bridgehead atoms.